The summed E-state index contributed by atoms with van der Waals surface area (Å²) in [5, 5.41) is 7.93. The fourth-order valence-electron chi connectivity index (χ4n) is 8.72. The average Bonchev–Trinajstić information content (AvgIpc) is 3.53. The highest BCUT2D eigenvalue weighted by Gasteiger charge is 2.36. The second-order valence-corrected chi connectivity index (χ2v) is 13.7. The first-order valence-electron chi connectivity index (χ1n) is 16.4. The lowest BCUT2D eigenvalue weighted by Crippen LogP contribution is -2.14. The van der Waals surface area contributed by atoms with Crippen LogP contribution in [0.15, 0.2) is 140 Å². The van der Waals surface area contributed by atoms with Gasteiger partial charge in [0.1, 0.15) is 0 Å². The first-order valence-corrected chi connectivity index (χ1v) is 16.4. The smallest absolute Gasteiger partial charge is 0.0159 e. The second-order valence-electron chi connectivity index (χ2n) is 13.7. The predicted molar refractivity (Wildman–Crippen MR) is 197 cm³/mol. The Morgan fingerprint density at radius 3 is 1.70 bits per heavy atom. The minimum Gasteiger partial charge on any atom is -0.0619 e. The monoisotopic (exact) mass is 584 g/mol. The summed E-state index contributed by atoms with van der Waals surface area (Å²) in [7, 11) is 0. The fraction of sp³-hybridized carbons (Fsp3) is 0.0870. The number of hydrogen-bond donors (Lipinski definition) is 0. The molecule has 0 fully saturated rings. The third-order valence-corrected chi connectivity index (χ3v) is 10.9. The van der Waals surface area contributed by atoms with Crippen molar-refractivity contribution in [3.8, 4) is 55.6 Å². The van der Waals surface area contributed by atoms with Crippen molar-refractivity contribution in [2.75, 3.05) is 0 Å². The molecule has 0 aromatic heterocycles. The third-order valence-electron chi connectivity index (χ3n) is 10.9. The highest BCUT2D eigenvalue weighted by Crippen LogP contribution is 2.55. The van der Waals surface area contributed by atoms with Gasteiger partial charge in [-0.2, -0.15) is 0 Å². The highest BCUT2D eigenvalue weighted by atomic mass is 14.4. The molecule has 0 radical (unpaired) electrons. The van der Waals surface area contributed by atoms with Crippen molar-refractivity contribution in [1.29, 1.82) is 0 Å². The van der Waals surface area contributed by atoms with Crippen molar-refractivity contribution in [3.63, 3.8) is 0 Å². The third kappa shape index (κ3) is 3.29. The highest BCUT2D eigenvalue weighted by molar-refractivity contribution is 6.27. The van der Waals surface area contributed by atoms with Gasteiger partial charge < -0.3 is 0 Å². The number of rotatable bonds is 2. The van der Waals surface area contributed by atoms with Gasteiger partial charge >= 0.3 is 0 Å². The molecule has 0 aliphatic heterocycles. The van der Waals surface area contributed by atoms with Gasteiger partial charge in [0.15, 0.2) is 0 Å². The molecule has 2 aliphatic rings. The maximum absolute atomic E-state index is 2.53. The van der Waals surface area contributed by atoms with E-state index in [1.165, 1.54) is 105 Å². The van der Waals surface area contributed by atoms with Crippen molar-refractivity contribution >= 4 is 32.3 Å². The minimum atomic E-state index is -0.0791. The summed E-state index contributed by atoms with van der Waals surface area (Å²) in [4.78, 5) is 0. The molecule has 0 N–H and O–H groups in total. The molecule has 2 aliphatic carbocycles. The largest absolute Gasteiger partial charge is 0.0619 e. The molecule has 0 spiro atoms. The minimum absolute atomic E-state index is 0.0791. The first-order chi connectivity index (χ1) is 22.5. The van der Waals surface area contributed by atoms with Crippen molar-refractivity contribution in [2.24, 2.45) is 0 Å². The molecule has 10 rings (SSSR count). The molecule has 0 heterocycles. The lowest BCUT2D eigenvalue weighted by Gasteiger charge is -2.24. The van der Waals surface area contributed by atoms with Gasteiger partial charge in [0.05, 0.1) is 0 Å². The summed E-state index contributed by atoms with van der Waals surface area (Å²) < 4.78 is 0. The van der Waals surface area contributed by atoms with E-state index >= 15 is 0 Å². The van der Waals surface area contributed by atoms with Crippen LogP contribution in [0, 0.1) is 6.92 Å². The number of fused-ring (bicyclic) bond motifs is 8. The molecule has 0 amide bonds. The molecule has 0 saturated heterocycles. The molecular weight excluding hydrogens is 553 g/mol. The standard InChI is InChI=1S/C46H32/c1-27-19-21-28(22-20-27)43-33-14-6-7-15-34(33)45(39-25-38-31-13-8-9-18-41(31)46(2,3)42(38)26-40(39)43)37-24-23-36-30-12-5-4-11-29(30)32-16-10-17-35(37)44(32)36/h4-26H,1-3H3. The average molecular weight is 585 g/mol. The molecule has 0 atom stereocenters. The van der Waals surface area contributed by atoms with E-state index in [0.717, 1.165) is 0 Å². The van der Waals surface area contributed by atoms with Crippen LogP contribution in [0.4, 0.5) is 0 Å². The van der Waals surface area contributed by atoms with Gasteiger partial charge in [-0.15, -0.1) is 0 Å². The summed E-state index contributed by atoms with van der Waals surface area (Å²) >= 11 is 0. The maximum atomic E-state index is 2.53. The Morgan fingerprint density at radius 1 is 0.370 bits per heavy atom. The Kier molecular flexibility index (Phi) is 5.08. The Bertz CT molecular complexity index is 2570. The van der Waals surface area contributed by atoms with E-state index in [0.29, 0.717) is 0 Å². The molecule has 0 unspecified atom stereocenters. The summed E-state index contributed by atoms with van der Waals surface area (Å²) in [5.41, 5.74) is 17.3. The number of aryl methyl sites for hydroxylation is 1. The summed E-state index contributed by atoms with van der Waals surface area (Å²) in [6.07, 6.45) is 0. The normalized spacial score (nSPS) is 13.7. The molecule has 0 bridgehead atoms. The number of hydrogen-bond acceptors (Lipinski definition) is 0. The van der Waals surface area contributed by atoms with Gasteiger partial charge in [0.2, 0.25) is 0 Å². The van der Waals surface area contributed by atoms with Gasteiger partial charge in [-0.25, -0.2) is 0 Å². The van der Waals surface area contributed by atoms with E-state index < -0.39 is 0 Å². The van der Waals surface area contributed by atoms with E-state index in [-0.39, 0.29) is 5.41 Å². The second kappa shape index (κ2) is 9.05. The Hall–Kier alpha value is -5.46. The van der Waals surface area contributed by atoms with Crippen molar-refractivity contribution in [2.45, 2.75) is 26.2 Å². The Labute approximate surface area is 269 Å². The van der Waals surface area contributed by atoms with Crippen LogP contribution in [-0.4, -0.2) is 0 Å². The predicted octanol–water partition coefficient (Wildman–Crippen LogP) is 12.7. The van der Waals surface area contributed by atoms with Crippen LogP contribution >= 0.6 is 0 Å². The van der Waals surface area contributed by atoms with Crippen LogP contribution in [0.5, 0.6) is 0 Å². The van der Waals surface area contributed by atoms with E-state index in [1.54, 1.807) is 0 Å². The zero-order valence-corrected chi connectivity index (χ0v) is 26.3. The van der Waals surface area contributed by atoms with Crippen LogP contribution in [0.3, 0.4) is 0 Å². The molecule has 8 aromatic carbocycles. The molecule has 8 aromatic rings. The van der Waals surface area contributed by atoms with E-state index in [1.807, 2.05) is 0 Å². The Balaban J connectivity index is 1.40. The SMILES string of the molecule is Cc1ccc(-c2c3ccccc3c(-c3ccc4c5c(cccc35)-c3ccccc3-4)c3cc4c(cc23)C(C)(C)c2ccccc2-4)cc1. The fourth-order valence-corrected chi connectivity index (χ4v) is 8.72. The van der Waals surface area contributed by atoms with Gasteiger partial charge in [-0.05, 0) is 118 Å². The van der Waals surface area contributed by atoms with Crippen molar-refractivity contribution in [3.05, 3.63) is 156 Å². The summed E-state index contributed by atoms with van der Waals surface area (Å²) in [6, 6.07) is 52.7. The van der Waals surface area contributed by atoms with Gasteiger partial charge in [-0.3, -0.25) is 0 Å². The zero-order valence-electron chi connectivity index (χ0n) is 26.3. The molecule has 216 valence electrons. The van der Waals surface area contributed by atoms with E-state index in [9.17, 15) is 0 Å². The van der Waals surface area contributed by atoms with Crippen LogP contribution in [0.1, 0.15) is 30.5 Å². The van der Waals surface area contributed by atoms with Crippen molar-refractivity contribution in [1.82, 2.24) is 0 Å². The first kappa shape index (κ1) is 25.8. The lowest BCUT2D eigenvalue weighted by molar-refractivity contribution is 0.661. The molecular formula is C46H32. The quantitative estimate of drug-likeness (QED) is 0.177. The Morgan fingerprint density at radius 2 is 0.935 bits per heavy atom. The van der Waals surface area contributed by atoms with Gasteiger partial charge in [0, 0.05) is 5.41 Å². The van der Waals surface area contributed by atoms with E-state index in [2.05, 4.69) is 160 Å². The molecule has 0 saturated carbocycles. The van der Waals surface area contributed by atoms with Crippen LogP contribution in [0.2, 0.25) is 0 Å². The zero-order chi connectivity index (χ0) is 30.7. The summed E-state index contributed by atoms with van der Waals surface area (Å²) in [6.45, 7) is 6.94. The van der Waals surface area contributed by atoms with E-state index in [4.69, 9.17) is 0 Å². The number of benzene rings is 8. The summed E-state index contributed by atoms with van der Waals surface area (Å²) in [5.74, 6) is 0. The van der Waals surface area contributed by atoms with Crippen LogP contribution in [0.25, 0.3) is 88.0 Å². The molecule has 0 heteroatoms. The van der Waals surface area contributed by atoms with Gasteiger partial charge in [-0.1, -0.05) is 147 Å². The van der Waals surface area contributed by atoms with Gasteiger partial charge in [0.25, 0.3) is 0 Å². The molecule has 46 heavy (non-hydrogen) atoms. The maximum Gasteiger partial charge on any atom is 0.0159 e. The van der Waals surface area contributed by atoms with Crippen LogP contribution in [-0.2, 0) is 5.41 Å². The van der Waals surface area contributed by atoms with Crippen LogP contribution < -0.4 is 0 Å². The lowest BCUT2D eigenvalue weighted by atomic mass is 9.79. The van der Waals surface area contributed by atoms with Crippen molar-refractivity contribution < 1.29 is 0 Å². The molecule has 0 nitrogen and oxygen atoms in total. The topological polar surface area (TPSA) is 0 Å².